The number of methoxy groups -OCH3 is 1. The lowest BCUT2D eigenvalue weighted by Crippen LogP contribution is -2.40. The number of halogens is 2. The molecule has 0 spiro atoms. The van der Waals surface area contributed by atoms with E-state index < -0.39 is 11.7 Å². The normalized spacial score (nSPS) is 14.2. The minimum absolute atomic E-state index is 0.479. The van der Waals surface area contributed by atoms with Crippen LogP contribution in [0.15, 0.2) is 30.9 Å². The largest absolute Gasteiger partial charge is 0.384 e. The standard InChI is InChI=1S/C15H17Cl2N3O2/c1-15(2,22-3)14(21)13(20-9-18-8-19-20)6-10-4-5-11(16)7-12(10)17/h4-9,14,21H,1-3H3. The van der Waals surface area contributed by atoms with E-state index in [1.807, 2.05) is 0 Å². The monoisotopic (exact) mass is 341 g/mol. The third kappa shape index (κ3) is 3.67. The van der Waals surface area contributed by atoms with Gasteiger partial charge in [-0.05, 0) is 37.6 Å². The molecule has 1 aromatic heterocycles. The molecule has 7 heteroatoms. The SMILES string of the molecule is COC(C)(C)C(O)C(=Cc1ccc(Cl)cc1Cl)n1cncn1. The fourth-order valence-electron chi connectivity index (χ4n) is 1.86. The van der Waals surface area contributed by atoms with Crippen molar-refractivity contribution < 1.29 is 9.84 Å². The summed E-state index contributed by atoms with van der Waals surface area (Å²) in [5.74, 6) is 0. The van der Waals surface area contributed by atoms with Gasteiger partial charge in [0.15, 0.2) is 0 Å². The lowest BCUT2D eigenvalue weighted by atomic mass is 9.97. The van der Waals surface area contributed by atoms with Gasteiger partial charge in [0.1, 0.15) is 18.8 Å². The lowest BCUT2D eigenvalue weighted by molar-refractivity contribution is -0.0539. The van der Waals surface area contributed by atoms with Crippen LogP contribution in [0, 0.1) is 0 Å². The fourth-order valence-corrected chi connectivity index (χ4v) is 2.32. The second kappa shape index (κ2) is 6.79. The van der Waals surface area contributed by atoms with Crippen LogP contribution in [0.2, 0.25) is 10.0 Å². The first-order valence-electron chi connectivity index (χ1n) is 6.60. The third-order valence-corrected chi connectivity index (χ3v) is 3.98. The van der Waals surface area contributed by atoms with Crippen molar-refractivity contribution in [3.05, 3.63) is 46.5 Å². The van der Waals surface area contributed by atoms with Crippen LogP contribution in [0.4, 0.5) is 0 Å². The highest BCUT2D eigenvalue weighted by Crippen LogP contribution is 2.28. The van der Waals surface area contributed by atoms with Crippen LogP contribution >= 0.6 is 23.2 Å². The van der Waals surface area contributed by atoms with E-state index in [0.717, 1.165) is 0 Å². The molecule has 0 saturated carbocycles. The molecule has 1 aromatic carbocycles. The van der Waals surface area contributed by atoms with Crippen LogP contribution in [0.3, 0.4) is 0 Å². The number of aliphatic hydroxyl groups excluding tert-OH is 1. The molecule has 0 aliphatic heterocycles. The van der Waals surface area contributed by atoms with E-state index in [4.69, 9.17) is 27.9 Å². The Morgan fingerprint density at radius 1 is 1.41 bits per heavy atom. The van der Waals surface area contributed by atoms with Gasteiger partial charge in [-0.2, -0.15) is 5.10 Å². The number of hydrogen-bond donors (Lipinski definition) is 1. The Morgan fingerprint density at radius 2 is 2.14 bits per heavy atom. The van der Waals surface area contributed by atoms with E-state index in [0.29, 0.717) is 21.3 Å². The van der Waals surface area contributed by atoms with Crippen LogP contribution in [0.25, 0.3) is 11.8 Å². The van der Waals surface area contributed by atoms with Crippen molar-refractivity contribution in [3.63, 3.8) is 0 Å². The van der Waals surface area contributed by atoms with Gasteiger partial charge in [-0.15, -0.1) is 0 Å². The van der Waals surface area contributed by atoms with Crippen LogP contribution in [-0.4, -0.2) is 38.7 Å². The second-order valence-corrected chi connectivity index (χ2v) is 6.13. The number of aromatic nitrogens is 3. The summed E-state index contributed by atoms with van der Waals surface area (Å²) in [6.45, 7) is 3.57. The van der Waals surface area contributed by atoms with Gasteiger partial charge in [0, 0.05) is 17.2 Å². The number of rotatable bonds is 5. The van der Waals surface area contributed by atoms with Crippen LogP contribution in [0.5, 0.6) is 0 Å². The molecule has 1 atom stereocenters. The zero-order valence-corrected chi connectivity index (χ0v) is 14.0. The van der Waals surface area contributed by atoms with E-state index in [1.165, 1.54) is 24.4 Å². The van der Waals surface area contributed by atoms with E-state index in [-0.39, 0.29) is 0 Å². The Labute approximate surface area is 139 Å². The predicted molar refractivity (Wildman–Crippen MR) is 87.7 cm³/mol. The predicted octanol–water partition coefficient (Wildman–Crippen LogP) is 3.37. The minimum Gasteiger partial charge on any atom is -0.384 e. The number of ether oxygens (including phenoxy) is 1. The van der Waals surface area contributed by atoms with E-state index in [2.05, 4.69) is 10.1 Å². The summed E-state index contributed by atoms with van der Waals surface area (Å²) in [5.41, 5.74) is 0.396. The van der Waals surface area contributed by atoms with Gasteiger partial charge in [-0.1, -0.05) is 29.3 Å². The topological polar surface area (TPSA) is 60.2 Å². The van der Waals surface area contributed by atoms with Crippen molar-refractivity contribution >= 4 is 35.0 Å². The van der Waals surface area contributed by atoms with Crippen molar-refractivity contribution in [2.45, 2.75) is 25.6 Å². The third-order valence-electron chi connectivity index (χ3n) is 3.41. The molecule has 5 nitrogen and oxygen atoms in total. The van der Waals surface area contributed by atoms with Crippen molar-refractivity contribution in [3.8, 4) is 0 Å². The summed E-state index contributed by atoms with van der Waals surface area (Å²) in [7, 11) is 1.54. The Bertz CT molecular complexity index is 669. The van der Waals surface area contributed by atoms with E-state index in [1.54, 1.807) is 38.1 Å². The number of aliphatic hydroxyl groups is 1. The quantitative estimate of drug-likeness (QED) is 0.905. The molecule has 118 valence electrons. The molecular formula is C15H17Cl2N3O2. The Kier molecular flexibility index (Phi) is 5.24. The molecule has 2 aromatic rings. The maximum atomic E-state index is 10.7. The molecule has 22 heavy (non-hydrogen) atoms. The van der Waals surface area contributed by atoms with Gasteiger partial charge in [0.05, 0.1) is 11.3 Å². The summed E-state index contributed by atoms with van der Waals surface area (Å²) in [6, 6.07) is 5.14. The van der Waals surface area contributed by atoms with Gasteiger partial charge >= 0.3 is 0 Å². The molecular weight excluding hydrogens is 325 g/mol. The summed E-state index contributed by atoms with van der Waals surface area (Å²) >= 11 is 12.1. The van der Waals surface area contributed by atoms with Crippen LogP contribution < -0.4 is 0 Å². The first-order chi connectivity index (χ1) is 10.3. The second-order valence-electron chi connectivity index (χ2n) is 5.29. The van der Waals surface area contributed by atoms with Crippen LogP contribution in [-0.2, 0) is 4.74 Å². The van der Waals surface area contributed by atoms with Gasteiger partial charge in [0.2, 0.25) is 0 Å². The Morgan fingerprint density at radius 3 is 2.68 bits per heavy atom. The molecule has 0 saturated heterocycles. The summed E-state index contributed by atoms with van der Waals surface area (Å²) < 4.78 is 6.84. The average molecular weight is 342 g/mol. The average Bonchev–Trinajstić information content (AvgIpc) is 3.00. The van der Waals surface area contributed by atoms with Gasteiger partial charge in [-0.25, -0.2) is 9.67 Å². The van der Waals surface area contributed by atoms with Crippen molar-refractivity contribution in [2.75, 3.05) is 7.11 Å². The van der Waals surface area contributed by atoms with E-state index in [9.17, 15) is 5.11 Å². The fraction of sp³-hybridized carbons (Fsp3) is 0.333. The minimum atomic E-state index is -0.939. The summed E-state index contributed by atoms with van der Waals surface area (Å²) in [4.78, 5) is 3.92. The highest BCUT2D eigenvalue weighted by Gasteiger charge is 2.32. The molecule has 1 heterocycles. The Balaban J connectivity index is 2.52. The maximum Gasteiger partial charge on any atom is 0.138 e. The highest BCUT2D eigenvalue weighted by molar-refractivity contribution is 6.35. The number of hydrogen-bond acceptors (Lipinski definition) is 4. The Hall–Kier alpha value is -1.40. The molecule has 1 N–H and O–H groups in total. The zero-order chi connectivity index (χ0) is 16.3. The molecule has 0 aliphatic carbocycles. The molecule has 0 amide bonds. The zero-order valence-electron chi connectivity index (χ0n) is 12.5. The van der Waals surface area contributed by atoms with Gasteiger partial charge < -0.3 is 9.84 Å². The molecule has 0 fully saturated rings. The van der Waals surface area contributed by atoms with Gasteiger partial charge in [-0.3, -0.25) is 0 Å². The smallest absolute Gasteiger partial charge is 0.138 e. The molecule has 2 rings (SSSR count). The summed E-state index contributed by atoms with van der Waals surface area (Å²) in [6.07, 6.45) is 3.69. The van der Waals surface area contributed by atoms with Crippen molar-refractivity contribution in [1.29, 1.82) is 0 Å². The molecule has 0 bridgehead atoms. The molecule has 0 aliphatic rings. The first-order valence-corrected chi connectivity index (χ1v) is 7.35. The summed E-state index contributed by atoms with van der Waals surface area (Å²) in [5, 5.41) is 15.8. The van der Waals surface area contributed by atoms with Crippen molar-refractivity contribution in [2.24, 2.45) is 0 Å². The van der Waals surface area contributed by atoms with E-state index >= 15 is 0 Å². The van der Waals surface area contributed by atoms with Crippen LogP contribution in [0.1, 0.15) is 19.4 Å². The number of benzene rings is 1. The molecule has 1 unspecified atom stereocenters. The van der Waals surface area contributed by atoms with Crippen molar-refractivity contribution in [1.82, 2.24) is 14.8 Å². The maximum absolute atomic E-state index is 10.7. The molecule has 0 radical (unpaired) electrons. The number of nitrogens with zero attached hydrogens (tertiary/aromatic N) is 3. The first kappa shape index (κ1) is 17.0. The highest BCUT2D eigenvalue weighted by atomic mass is 35.5. The van der Waals surface area contributed by atoms with Gasteiger partial charge in [0.25, 0.3) is 0 Å². The lowest BCUT2D eigenvalue weighted by Gasteiger charge is -2.30.